The Kier molecular flexibility index (Phi) is 7.82. The van der Waals surface area contributed by atoms with Gasteiger partial charge >= 0.3 is 0 Å². The molecule has 9 heteroatoms. The number of halogens is 2. The third kappa shape index (κ3) is 5.58. The molecule has 0 radical (unpaired) electrons. The zero-order valence-electron chi connectivity index (χ0n) is 19.3. The molecule has 0 spiro atoms. The number of carbonyl (C=O) groups is 1. The maximum atomic E-state index is 14.2. The predicted octanol–water partition coefficient (Wildman–Crippen LogP) is 6.05. The Bertz CT molecular complexity index is 1150. The summed E-state index contributed by atoms with van der Waals surface area (Å²) in [5.41, 5.74) is 0.784. The van der Waals surface area contributed by atoms with Crippen LogP contribution in [0.25, 0.3) is 0 Å². The Morgan fingerprint density at radius 1 is 1.18 bits per heavy atom. The van der Waals surface area contributed by atoms with Gasteiger partial charge in [0.1, 0.15) is 17.4 Å². The number of hydrogen-bond acceptors (Lipinski definition) is 6. The summed E-state index contributed by atoms with van der Waals surface area (Å²) in [5, 5.41) is 12.2. The van der Waals surface area contributed by atoms with E-state index >= 15 is 0 Å². The van der Waals surface area contributed by atoms with Crippen LogP contribution in [0.2, 0.25) is 0 Å². The van der Waals surface area contributed by atoms with Crippen molar-refractivity contribution in [2.45, 2.75) is 62.0 Å². The minimum Gasteiger partial charge on any atom is -0.497 e. The van der Waals surface area contributed by atoms with Crippen molar-refractivity contribution < 1.29 is 18.3 Å². The lowest BCUT2D eigenvalue weighted by Gasteiger charge is -2.26. The van der Waals surface area contributed by atoms with Crippen molar-refractivity contribution in [3.05, 3.63) is 65.5 Å². The van der Waals surface area contributed by atoms with E-state index in [1.54, 1.807) is 14.0 Å². The van der Waals surface area contributed by atoms with Crippen molar-refractivity contribution in [2.75, 3.05) is 12.4 Å². The molecule has 1 fully saturated rings. The molecule has 1 unspecified atom stereocenters. The van der Waals surface area contributed by atoms with Gasteiger partial charge in [0.2, 0.25) is 0 Å². The number of ketones is 1. The summed E-state index contributed by atoms with van der Waals surface area (Å²) < 4.78 is 34.9. The maximum absolute atomic E-state index is 14.2. The highest BCUT2D eigenvalue weighted by molar-refractivity contribution is 8.00. The number of benzene rings is 2. The SMILES string of the molecule is COc1cccc(NCc2nnc(SC(C)C(=O)c3ccc(F)cc3F)n2C2CCCCC2)c1. The van der Waals surface area contributed by atoms with E-state index in [4.69, 9.17) is 4.74 Å². The zero-order chi connectivity index (χ0) is 24.1. The highest BCUT2D eigenvalue weighted by Gasteiger charge is 2.27. The lowest BCUT2D eigenvalue weighted by molar-refractivity contribution is 0.0990. The van der Waals surface area contributed by atoms with Crippen LogP contribution < -0.4 is 10.1 Å². The van der Waals surface area contributed by atoms with Crippen molar-refractivity contribution in [3.8, 4) is 5.75 Å². The topological polar surface area (TPSA) is 69.0 Å². The van der Waals surface area contributed by atoms with Crippen LogP contribution in [0.5, 0.6) is 5.75 Å². The number of nitrogens with zero attached hydrogens (tertiary/aromatic N) is 3. The van der Waals surface area contributed by atoms with E-state index in [1.165, 1.54) is 24.2 Å². The standard InChI is InChI=1S/C25H28F2N4O2S/c1-16(24(32)21-12-11-17(26)13-22(21)27)34-25-30-29-23(31(25)19-8-4-3-5-9-19)15-28-18-7-6-10-20(14-18)33-2/h6-7,10-14,16,19,28H,3-5,8-9,15H2,1-2H3. The minimum absolute atomic E-state index is 0.120. The first-order valence-electron chi connectivity index (χ1n) is 11.4. The van der Waals surface area contributed by atoms with E-state index in [2.05, 4.69) is 20.1 Å². The molecule has 1 N–H and O–H groups in total. The number of aromatic nitrogens is 3. The van der Waals surface area contributed by atoms with E-state index in [1.807, 2.05) is 24.3 Å². The highest BCUT2D eigenvalue weighted by atomic mass is 32.2. The lowest BCUT2D eigenvalue weighted by atomic mass is 9.95. The van der Waals surface area contributed by atoms with Gasteiger partial charge < -0.3 is 14.6 Å². The van der Waals surface area contributed by atoms with Crippen LogP contribution in [-0.4, -0.2) is 32.9 Å². The van der Waals surface area contributed by atoms with Gasteiger partial charge in [0.25, 0.3) is 0 Å². The fourth-order valence-corrected chi connectivity index (χ4v) is 5.25. The van der Waals surface area contributed by atoms with Crippen LogP contribution >= 0.6 is 11.8 Å². The van der Waals surface area contributed by atoms with Gasteiger partial charge in [-0.25, -0.2) is 8.78 Å². The van der Waals surface area contributed by atoms with E-state index in [0.29, 0.717) is 11.7 Å². The van der Waals surface area contributed by atoms with Crippen LogP contribution in [0.1, 0.15) is 61.3 Å². The van der Waals surface area contributed by atoms with E-state index < -0.39 is 22.7 Å². The summed E-state index contributed by atoms with van der Waals surface area (Å²) in [7, 11) is 1.63. The predicted molar refractivity (Wildman–Crippen MR) is 128 cm³/mol. The molecule has 34 heavy (non-hydrogen) atoms. The quantitative estimate of drug-likeness (QED) is 0.294. The zero-order valence-corrected chi connectivity index (χ0v) is 20.1. The highest BCUT2D eigenvalue weighted by Crippen LogP contribution is 2.35. The molecule has 1 heterocycles. The smallest absolute Gasteiger partial charge is 0.192 e. The molecule has 1 aliphatic rings. The van der Waals surface area contributed by atoms with Gasteiger partial charge in [0.05, 0.1) is 24.5 Å². The van der Waals surface area contributed by atoms with Gasteiger partial charge in [0, 0.05) is 23.9 Å². The molecule has 0 amide bonds. The second-order valence-corrected chi connectivity index (χ2v) is 9.70. The number of ether oxygens (including phenoxy) is 1. The number of rotatable bonds is 9. The molecule has 6 nitrogen and oxygen atoms in total. The summed E-state index contributed by atoms with van der Waals surface area (Å²) in [5.74, 6) is -0.425. The Labute approximate surface area is 202 Å². The maximum Gasteiger partial charge on any atom is 0.192 e. The van der Waals surface area contributed by atoms with Gasteiger partial charge in [-0.2, -0.15) is 0 Å². The Hall–Kier alpha value is -2.94. The van der Waals surface area contributed by atoms with Gasteiger partial charge in [-0.3, -0.25) is 4.79 Å². The molecule has 4 rings (SSSR count). The van der Waals surface area contributed by atoms with Gasteiger partial charge in [0.15, 0.2) is 16.8 Å². The monoisotopic (exact) mass is 486 g/mol. The van der Waals surface area contributed by atoms with Crippen LogP contribution in [0, 0.1) is 11.6 Å². The summed E-state index contributed by atoms with van der Waals surface area (Å²) in [6, 6.07) is 10.9. The van der Waals surface area contributed by atoms with Crippen LogP contribution in [-0.2, 0) is 6.54 Å². The van der Waals surface area contributed by atoms with Gasteiger partial charge in [-0.1, -0.05) is 37.1 Å². The number of nitrogens with one attached hydrogen (secondary N) is 1. The average molecular weight is 487 g/mol. The lowest BCUT2D eigenvalue weighted by Crippen LogP contribution is -2.20. The Morgan fingerprint density at radius 3 is 2.71 bits per heavy atom. The second kappa shape index (κ2) is 11.0. The van der Waals surface area contributed by atoms with Crippen molar-refractivity contribution in [2.24, 2.45) is 0 Å². The van der Waals surface area contributed by atoms with Crippen LogP contribution in [0.15, 0.2) is 47.6 Å². The number of methoxy groups -OCH3 is 1. The molecule has 0 aliphatic heterocycles. The van der Waals surface area contributed by atoms with E-state index in [0.717, 1.165) is 55.1 Å². The summed E-state index contributed by atoms with van der Waals surface area (Å²) in [4.78, 5) is 12.9. The normalized spacial score (nSPS) is 15.2. The summed E-state index contributed by atoms with van der Waals surface area (Å²) in [6.45, 7) is 2.18. The molecular formula is C25H28F2N4O2S. The molecule has 0 saturated heterocycles. The number of carbonyl (C=O) groups excluding carboxylic acids is 1. The summed E-state index contributed by atoms with van der Waals surface area (Å²) >= 11 is 1.26. The minimum atomic E-state index is -0.852. The number of hydrogen-bond donors (Lipinski definition) is 1. The number of thioether (sulfide) groups is 1. The first-order chi connectivity index (χ1) is 16.5. The number of Topliss-reactive ketones (excluding diaryl/α,β-unsaturated/α-hetero) is 1. The largest absolute Gasteiger partial charge is 0.497 e. The third-order valence-electron chi connectivity index (χ3n) is 6.04. The van der Waals surface area contributed by atoms with Gasteiger partial charge in [-0.15, -0.1) is 10.2 Å². The fourth-order valence-electron chi connectivity index (χ4n) is 4.25. The van der Waals surface area contributed by atoms with Crippen LogP contribution in [0.4, 0.5) is 14.5 Å². The van der Waals surface area contributed by atoms with Crippen molar-refractivity contribution in [1.29, 1.82) is 0 Å². The number of anilines is 1. The molecule has 1 aromatic heterocycles. The second-order valence-electron chi connectivity index (χ2n) is 8.39. The molecule has 1 saturated carbocycles. The van der Waals surface area contributed by atoms with E-state index in [-0.39, 0.29) is 11.6 Å². The Morgan fingerprint density at radius 2 is 1.97 bits per heavy atom. The molecular weight excluding hydrogens is 458 g/mol. The van der Waals surface area contributed by atoms with Crippen LogP contribution in [0.3, 0.4) is 0 Å². The molecule has 2 aromatic carbocycles. The third-order valence-corrected chi connectivity index (χ3v) is 7.10. The molecule has 180 valence electrons. The summed E-state index contributed by atoms with van der Waals surface area (Å²) in [6.07, 6.45) is 5.51. The fraction of sp³-hybridized carbons (Fsp3) is 0.400. The van der Waals surface area contributed by atoms with Crippen molar-refractivity contribution in [3.63, 3.8) is 0 Å². The molecule has 3 aromatic rings. The molecule has 0 bridgehead atoms. The molecule has 1 aliphatic carbocycles. The first kappa shape index (κ1) is 24.2. The first-order valence-corrected chi connectivity index (χ1v) is 12.3. The average Bonchev–Trinajstić information content (AvgIpc) is 3.25. The van der Waals surface area contributed by atoms with E-state index in [9.17, 15) is 13.6 Å². The Balaban J connectivity index is 1.55. The van der Waals surface area contributed by atoms with Crippen molar-refractivity contribution in [1.82, 2.24) is 14.8 Å². The molecule has 1 atom stereocenters. The van der Waals surface area contributed by atoms with Gasteiger partial charge in [-0.05, 0) is 44.0 Å². The van der Waals surface area contributed by atoms with Crippen molar-refractivity contribution >= 4 is 23.2 Å².